The number of aliphatic hydroxyl groups is 2. The average Bonchev–Trinajstić information content (AvgIpc) is 3.35. The number of aromatic nitrogens is 2. The molecule has 1 aromatic carbocycles. The number of aryl methyl sites for hydroxylation is 1. The van der Waals surface area contributed by atoms with Gasteiger partial charge in [-0.05, 0) is 62.1 Å². The van der Waals surface area contributed by atoms with Crippen LogP contribution in [0, 0.1) is 0 Å². The summed E-state index contributed by atoms with van der Waals surface area (Å²) < 4.78 is 7.61. The summed E-state index contributed by atoms with van der Waals surface area (Å²) in [5.41, 5.74) is -1.85. The number of imidazole rings is 1. The van der Waals surface area contributed by atoms with Crippen LogP contribution in [0.3, 0.4) is 0 Å². The van der Waals surface area contributed by atoms with Crippen molar-refractivity contribution in [3.8, 4) is 5.75 Å². The molecule has 35 heavy (non-hydrogen) atoms. The summed E-state index contributed by atoms with van der Waals surface area (Å²) in [6, 6.07) is 9.65. The Hall–Kier alpha value is -2.61. The topological polar surface area (TPSA) is 84.6 Å². The zero-order chi connectivity index (χ0) is 24.7. The van der Waals surface area contributed by atoms with E-state index in [9.17, 15) is 15.0 Å². The number of unbranched alkanes of at least 4 members (excludes halogenated alkanes) is 1. The van der Waals surface area contributed by atoms with Gasteiger partial charge in [0.1, 0.15) is 11.4 Å². The first kappa shape index (κ1) is 25.5. The third kappa shape index (κ3) is 6.54. The van der Waals surface area contributed by atoms with Crippen LogP contribution in [0.15, 0.2) is 82.7 Å². The average molecular weight is 495 g/mol. The van der Waals surface area contributed by atoms with Gasteiger partial charge in [0.05, 0.1) is 17.1 Å². The lowest BCUT2D eigenvalue weighted by Crippen LogP contribution is -2.29. The number of nitrogens with zero attached hydrogens (tertiary/aromatic N) is 2. The SMILES string of the molecule is Cn1ccnc1SC1=CC(O)(CCCCOc2ccccc2)/C(=C/C=C/C2(O)CCCCC2)C1=O. The highest BCUT2D eigenvalue weighted by molar-refractivity contribution is 8.03. The van der Waals surface area contributed by atoms with Crippen molar-refractivity contribution in [2.45, 2.75) is 67.7 Å². The standard InChI is InChI=1S/C28H34N2O4S/c1-30-19-18-29-26(30)35-24-21-28(33,17-8-9-20-34-22-11-4-2-5-12-22)23(25(24)31)13-10-16-27(32)14-6-3-7-15-27/h2,4-5,10-13,16,18-19,21,32-33H,3,6-9,14-15,17,20H2,1H3/b16-10+,23-13+. The molecule has 0 bridgehead atoms. The highest BCUT2D eigenvalue weighted by Crippen LogP contribution is 2.41. The van der Waals surface area contributed by atoms with Crippen molar-refractivity contribution in [1.29, 1.82) is 0 Å². The molecule has 2 aliphatic carbocycles. The van der Waals surface area contributed by atoms with Gasteiger partial charge < -0.3 is 19.5 Å². The van der Waals surface area contributed by atoms with Gasteiger partial charge in [-0.3, -0.25) is 4.79 Å². The molecule has 1 atom stereocenters. The van der Waals surface area contributed by atoms with Gasteiger partial charge in [-0.1, -0.05) is 55.7 Å². The van der Waals surface area contributed by atoms with Gasteiger partial charge in [-0.2, -0.15) is 0 Å². The second kappa shape index (κ2) is 11.4. The van der Waals surface area contributed by atoms with Crippen molar-refractivity contribution in [3.05, 3.63) is 77.5 Å². The summed E-state index contributed by atoms with van der Waals surface area (Å²) in [5, 5.41) is 23.0. The Morgan fingerprint density at radius 2 is 1.91 bits per heavy atom. The third-order valence-corrected chi connectivity index (χ3v) is 7.73. The van der Waals surface area contributed by atoms with E-state index in [0.717, 1.165) is 44.3 Å². The predicted molar refractivity (Wildman–Crippen MR) is 138 cm³/mol. The normalized spacial score (nSPS) is 23.2. The maximum absolute atomic E-state index is 13.3. The lowest BCUT2D eigenvalue weighted by Gasteiger charge is -2.28. The maximum Gasteiger partial charge on any atom is 0.198 e. The minimum atomic E-state index is -1.36. The molecule has 0 saturated heterocycles. The Morgan fingerprint density at radius 1 is 1.14 bits per heavy atom. The summed E-state index contributed by atoms with van der Waals surface area (Å²) in [6.07, 6.45) is 16.8. The summed E-state index contributed by atoms with van der Waals surface area (Å²) in [5.74, 6) is 0.628. The van der Waals surface area contributed by atoms with E-state index in [1.54, 1.807) is 30.5 Å². The molecule has 2 aromatic rings. The fourth-order valence-corrected chi connectivity index (χ4v) is 5.57. The molecular weight excluding hydrogens is 460 g/mol. The fourth-order valence-electron chi connectivity index (χ4n) is 4.60. The smallest absolute Gasteiger partial charge is 0.198 e. The fraction of sp³-hybridized carbons (Fsp3) is 0.429. The first-order valence-electron chi connectivity index (χ1n) is 12.3. The molecule has 1 unspecified atom stereocenters. The minimum absolute atomic E-state index is 0.193. The number of hydrogen-bond donors (Lipinski definition) is 2. The Morgan fingerprint density at radius 3 is 2.63 bits per heavy atom. The molecule has 6 nitrogen and oxygen atoms in total. The van der Waals surface area contributed by atoms with Gasteiger partial charge in [-0.25, -0.2) is 4.98 Å². The van der Waals surface area contributed by atoms with E-state index in [-0.39, 0.29) is 5.78 Å². The van der Waals surface area contributed by atoms with Gasteiger partial charge in [0.25, 0.3) is 0 Å². The van der Waals surface area contributed by atoms with Crippen molar-refractivity contribution in [1.82, 2.24) is 9.55 Å². The largest absolute Gasteiger partial charge is 0.494 e. The number of thioether (sulfide) groups is 1. The molecule has 0 amide bonds. The number of rotatable bonds is 10. The van der Waals surface area contributed by atoms with Crippen LogP contribution < -0.4 is 4.74 Å². The highest BCUT2D eigenvalue weighted by Gasteiger charge is 2.41. The van der Waals surface area contributed by atoms with Crippen LogP contribution in [-0.4, -0.2) is 43.4 Å². The summed E-state index contributed by atoms with van der Waals surface area (Å²) in [4.78, 5) is 18.1. The molecule has 2 aliphatic rings. The number of ether oxygens (including phenoxy) is 1. The van der Waals surface area contributed by atoms with Crippen LogP contribution >= 0.6 is 11.8 Å². The molecule has 1 saturated carbocycles. The number of allylic oxidation sites excluding steroid dienone is 3. The molecule has 7 heteroatoms. The highest BCUT2D eigenvalue weighted by atomic mass is 32.2. The first-order chi connectivity index (χ1) is 16.9. The van der Waals surface area contributed by atoms with E-state index in [4.69, 9.17) is 4.74 Å². The van der Waals surface area contributed by atoms with E-state index >= 15 is 0 Å². The summed E-state index contributed by atoms with van der Waals surface area (Å²) >= 11 is 1.26. The molecule has 0 radical (unpaired) electrons. The Balaban J connectivity index is 1.46. The second-order valence-electron chi connectivity index (χ2n) is 9.41. The van der Waals surface area contributed by atoms with Crippen molar-refractivity contribution in [2.24, 2.45) is 7.05 Å². The van der Waals surface area contributed by atoms with Crippen molar-refractivity contribution in [2.75, 3.05) is 6.61 Å². The maximum atomic E-state index is 13.3. The lowest BCUT2D eigenvalue weighted by atomic mass is 9.84. The lowest BCUT2D eigenvalue weighted by molar-refractivity contribution is -0.112. The zero-order valence-corrected chi connectivity index (χ0v) is 21.0. The van der Waals surface area contributed by atoms with Crippen LogP contribution in [-0.2, 0) is 11.8 Å². The van der Waals surface area contributed by atoms with Gasteiger partial charge in [0, 0.05) is 25.0 Å². The molecule has 1 heterocycles. The number of para-hydroxylation sites is 1. The Kier molecular flexibility index (Phi) is 8.31. The minimum Gasteiger partial charge on any atom is -0.494 e. The molecule has 0 aliphatic heterocycles. The van der Waals surface area contributed by atoms with E-state index in [1.807, 2.05) is 48.1 Å². The second-order valence-corrected chi connectivity index (χ2v) is 10.4. The number of carbonyl (C=O) groups is 1. The first-order valence-corrected chi connectivity index (χ1v) is 13.2. The number of ketones is 1. The van der Waals surface area contributed by atoms with Crippen molar-refractivity contribution >= 4 is 17.5 Å². The third-order valence-electron chi connectivity index (χ3n) is 6.64. The Bertz CT molecular complexity index is 1100. The molecule has 0 spiro atoms. The van der Waals surface area contributed by atoms with Crippen LogP contribution in [0.25, 0.3) is 0 Å². The van der Waals surface area contributed by atoms with E-state index in [0.29, 0.717) is 35.1 Å². The molecule has 1 aromatic heterocycles. The molecule has 186 valence electrons. The number of Topliss-reactive ketones (excluding diaryl/α,β-unsaturated/α-hetero) is 1. The summed E-state index contributed by atoms with van der Waals surface area (Å²) in [7, 11) is 1.87. The number of hydrogen-bond acceptors (Lipinski definition) is 6. The number of carbonyl (C=O) groups excluding carboxylic acids is 1. The van der Waals surface area contributed by atoms with E-state index < -0.39 is 11.2 Å². The van der Waals surface area contributed by atoms with Crippen LogP contribution in [0.4, 0.5) is 0 Å². The summed E-state index contributed by atoms with van der Waals surface area (Å²) in [6.45, 7) is 0.540. The van der Waals surface area contributed by atoms with E-state index in [2.05, 4.69) is 4.98 Å². The zero-order valence-electron chi connectivity index (χ0n) is 20.2. The molecule has 1 fully saturated rings. The monoisotopic (exact) mass is 494 g/mol. The van der Waals surface area contributed by atoms with Crippen LogP contribution in [0.1, 0.15) is 51.4 Å². The van der Waals surface area contributed by atoms with Crippen LogP contribution in [0.5, 0.6) is 5.75 Å². The van der Waals surface area contributed by atoms with Crippen molar-refractivity contribution < 1.29 is 19.7 Å². The number of benzene rings is 1. The van der Waals surface area contributed by atoms with Gasteiger partial charge in [-0.15, -0.1) is 0 Å². The van der Waals surface area contributed by atoms with Gasteiger partial charge >= 0.3 is 0 Å². The Labute approximate surface area is 211 Å². The van der Waals surface area contributed by atoms with Crippen LogP contribution in [0.2, 0.25) is 0 Å². The van der Waals surface area contributed by atoms with Gasteiger partial charge in [0.2, 0.25) is 0 Å². The molecule has 2 N–H and O–H groups in total. The van der Waals surface area contributed by atoms with Gasteiger partial charge in [0.15, 0.2) is 10.9 Å². The molecular formula is C28H34N2O4S. The quantitative estimate of drug-likeness (QED) is 0.352. The molecule has 4 rings (SSSR count). The van der Waals surface area contributed by atoms with Crippen molar-refractivity contribution in [3.63, 3.8) is 0 Å². The van der Waals surface area contributed by atoms with E-state index in [1.165, 1.54) is 11.8 Å². The predicted octanol–water partition coefficient (Wildman–Crippen LogP) is 5.14.